The van der Waals surface area contributed by atoms with Crippen LogP contribution >= 0.6 is 0 Å². The minimum atomic E-state index is -0.164. The molecule has 0 aromatic heterocycles. The van der Waals surface area contributed by atoms with Crippen molar-refractivity contribution in [1.29, 1.82) is 0 Å². The van der Waals surface area contributed by atoms with Gasteiger partial charge in [-0.15, -0.1) is 0 Å². The molecular weight excluding hydrogens is 446 g/mol. The van der Waals surface area contributed by atoms with Crippen molar-refractivity contribution < 1.29 is 9.59 Å². The molecule has 0 radical (unpaired) electrons. The summed E-state index contributed by atoms with van der Waals surface area (Å²) in [6.45, 7) is 0.781. The summed E-state index contributed by atoms with van der Waals surface area (Å²) in [7, 11) is 0. The second-order valence-electron chi connectivity index (χ2n) is 10.7. The van der Waals surface area contributed by atoms with Gasteiger partial charge in [-0.05, 0) is 49.4 Å². The van der Waals surface area contributed by atoms with Crippen LogP contribution in [0.15, 0.2) is 78.9 Å². The fourth-order valence-electron chi connectivity index (χ4n) is 6.95. The van der Waals surface area contributed by atoms with Crippen molar-refractivity contribution in [2.24, 2.45) is 17.8 Å². The number of hydrogen-bond acceptors (Lipinski definition) is 3. The van der Waals surface area contributed by atoms with Gasteiger partial charge in [-0.1, -0.05) is 73.5 Å². The predicted molar refractivity (Wildman–Crippen MR) is 142 cm³/mol. The molecule has 6 atom stereocenters. The Hall–Kier alpha value is -3.34. The molecule has 186 valence electrons. The van der Waals surface area contributed by atoms with Crippen LogP contribution in [0, 0.1) is 17.8 Å². The number of para-hydroxylation sites is 1. The van der Waals surface area contributed by atoms with E-state index >= 15 is 0 Å². The Morgan fingerprint density at radius 1 is 0.917 bits per heavy atom. The highest BCUT2D eigenvalue weighted by Gasteiger charge is 2.49. The van der Waals surface area contributed by atoms with Gasteiger partial charge in [-0.3, -0.25) is 9.59 Å². The molecular formula is C31H35N3O2. The molecule has 0 spiro atoms. The average Bonchev–Trinajstić information content (AvgIpc) is 3.39. The van der Waals surface area contributed by atoms with E-state index in [2.05, 4.69) is 64.1 Å². The fourth-order valence-corrected chi connectivity index (χ4v) is 6.95. The zero-order chi connectivity index (χ0) is 24.5. The highest BCUT2D eigenvalue weighted by molar-refractivity contribution is 5.94. The number of carbonyl (C=O) groups excluding carboxylic acids is 2. The summed E-state index contributed by atoms with van der Waals surface area (Å²) in [6, 6.07) is 18.1. The van der Waals surface area contributed by atoms with E-state index in [-0.39, 0.29) is 29.8 Å². The number of likely N-dealkylation sites (tertiary alicyclic amines) is 1. The van der Waals surface area contributed by atoms with Gasteiger partial charge < -0.3 is 15.5 Å². The molecule has 6 rings (SSSR count). The minimum Gasteiger partial charge on any atom is -0.381 e. The van der Waals surface area contributed by atoms with E-state index < -0.39 is 0 Å². The first kappa shape index (κ1) is 23.1. The van der Waals surface area contributed by atoms with Gasteiger partial charge in [0.05, 0.1) is 12.0 Å². The second-order valence-corrected chi connectivity index (χ2v) is 10.7. The predicted octanol–water partition coefficient (Wildman–Crippen LogP) is 5.49. The summed E-state index contributed by atoms with van der Waals surface area (Å²) in [5.74, 6) is 0.784. The normalized spacial score (nSPS) is 30.7. The quantitative estimate of drug-likeness (QED) is 0.607. The molecule has 36 heavy (non-hydrogen) atoms. The zero-order valence-electron chi connectivity index (χ0n) is 20.7. The van der Waals surface area contributed by atoms with Crippen molar-refractivity contribution in [2.75, 3.05) is 11.9 Å². The summed E-state index contributed by atoms with van der Waals surface area (Å²) in [6.07, 6.45) is 14.7. The lowest BCUT2D eigenvalue weighted by molar-refractivity contribution is -0.139. The molecule has 0 bridgehead atoms. The van der Waals surface area contributed by atoms with E-state index in [0.29, 0.717) is 23.4 Å². The summed E-state index contributed by atoms with van der Waals surface area (Å²) >= 11 is 0. The van der Waals surface area contributed by atoms with Crippen molar-refractivity contribution in [3.63, 3.8) is 0 Å². The van der Waals surface area contributed by atoms with Gasteiger partial charge in [0.2, 0.25) is 5.91 Å². The average molecular weight is 482 g/mol. The molecule has 1 saturated heterocycles. The Kier molecular flexibility index (Phi) is 6.39. The van der Waals surface area contributed by atoms with Crippen LogP contribution in [0.2, 0.25) is 0 Å². The van der Waals surface area contributed by atoms with E-state index in [1.807, 2.05) is 30.3 Å². The van der Waals surface area contributed by atoms with Gasteiger partial charge >= 0.3 is 0 Å². The van der Waals surface area contributed by atoms with Gasteiger partial charge in [0, 0.05) is 41.7 Å². The van der Waals surface area contributed by atoms with Crippen LogP contribution in [0.3, 0.4) is 0 Å². The summed E-state index contributed by atoms with van der Waals surface area (Å²) in [4.78, 5) is 29.3. The van der Waals surface area contributed by atoms with E-state index in [1.165, 1.54) is 5.56 Å². The number of rotatable bonds is 4. The highest BCUT2D eigenvalue weighted by atomic mass is 16.2. The number of fused-ring (bicyclic) bond motifs is 3. The Morgan fingerprint density at radius 3 is 2.56 bits per heavy atom. The minimum absolute atomic E-state index is 0.0796. The van der Waals surface area contributed by atoms with E-state index in [0.717, 1.165) is 50.8 Å². The number of nitrogens with one attached hydrogen (secondary N) is 2. The maximum absolute atomic E-state index is 14.2. The smallest absolute Gasteiger partial charge is 0.251 e. The van der Waals surface area contributed by atoms with Crippen LogP contribution < -0.4 is 10.6 Å². The third-order valence-electron chi connectivity index (χ3n) is 8.70. The summed E-state index contributed by atoms with van der Waals surface area (Å²) < 4.78 is 0. The van der Waals surface area contributed by atoms with Gasteiger partial charge in [-0.2, -0.15) is 0 Å². The van der Waals surface area contributed by atoms with Crippen molar-refractivity contribution in [1.82, 2.24) is 10.2 Å². The number of anilines is 1. The molecule has 1 unspecified atom stereocenters. The molecule has 4 aliphatic rings. The van der Waals surface area contributed by atoms with Gasteiger partial charge in [0.1, 0.15) is 0 Å². The van der Waals surface area contributed by atoms with Crippen LogP contribution in [0.1, 0.15) is 60.5 Å². The molecule has 2 N–H and O–H groups in total. The number of nitrogens with zero attached hydrogens (tertiary/aromatic N) is 1. The molecule has 2 heterocycles. The fraction of sp³-hybridized carbons (Fsp3) is 0.419. The summed E-state index contributed by atoms with van der Waals surface area (Å²) in [5, 5.41) is 7.08. The molecule has 2 aliphatic heterocycles. The van der Waals surface area contributed by atoms with Crippen molar-refractivity contribution in [2.45, 2.75) is 56.7 Å². The third kappa shape index (κ3) is 4.25. The van der Waals surface area contributed by atoms with Crippen LogP contribution in [-0.2, 0) is 4.79 Å². The number of amides is 2. The number of carbonyl (C=O) groups is 2. The maximum Gasteiger partial charge on any atom is 0.251 e. The largest absolute Gasteiger partial charge is 0.381 e. The van der Waals surface area contributed by atoms with Crippen LogP contribution in [0.5, 0.6) is 0 Å². The lowest BCUT2D eigenvalue weighted by Crippen LogP contribution is -2.51. The lowest BCUT2D eigenvalue weighted by atomic mass is 9.75. The Balaban J connectivity index is 1.26. The SMILES string of the molecule is O=C(N[C@@H]1CCCC[C@@H]1C(=O)N1CC[C@@H]2[C@H](C3C=CC=CC3)Nc3ccccc3[C@@H]21)c1ccccc1. The molecule has 2 aromatic rings. The number of hydrogen-bond donors (Lipinski definition) is 2. The van der Waals surface area contributed by atoms with Crippen LogP contribution in [0.4, 0.5) is 5.69 Å². The van der Waals surface area contributed by atoms with Crippen molar-refractivity contribution in [3.05, 3.63) is 90.0 Å². The van der Waals surface area contributed by atoms with Gasteiger partial charge in [-0.25, -0.2) is 0 Å². The highest BCUT2D eigenvalue weighted by Crippen LogP contribution is 2.49. The monoisotopic (exact) mass is 481 g/mol. The number of allylic oxidation sites excluding steroid dienone is 3. The van der Waals surface area contributed by atoms with Crippen molar-refractivity contribution in [3.8, 4) is 0 Å². The maximum atomic E-state index is 14.2. The standard InChI is InChI=1S/C31H35N3O2/c35-30(22-13-5-2-6-14-22)33-27-18-10-8-16-24(27)31(36)34-20-19-25-28(21-11-3-1-4-12-21)32-26-17-9-7-15-23(26)29(25)34/h1-7,9,11,13-15,17,21,24-25,27-29,32H,8,10,12,16,18-20H2,(H,33,35)/t21?,24-,25+,27+,28-,29-/m0/s1. The first-order valence-corrected chi connectivity index (χ1v) is 13.6. The number of benzene rings is 2. The topological polar surface area (TPSA) is 61.4 Å². The first-order valence-electron chi connectivity index (χ1n) is 13.6. The van der Waals surface area contributed by atoms with Crippen LogP contribution in [-0.4, -0.2) is 35.3 Å². The zero-order valence-corrected chi connectivity index (χ0v) is 20.7. The molecule has 2 fully saturated rings. The van der Waals surface area contributed by atoms with E-state index in [4.69, 9.17) is 0 Å². The second kappa shape index (κ2) is 9.96. The Morgan fingerprint density at radius 2 is 1.72 bits per heavy atom. The Bertz CT molecular complexity index is 1170. The van der Waals surface area contributed by atoms with Gasteiger partial charge in [0.25, 0.3) is 5.91 Å². The molecule has 2 amide bonds. The van der Waals surface area contributed by atoms with E-state index in [1.54, 1.807) is 0 Å². The molecule has 2 aliphatic carbocycles. The molecule has 5 heteroatoms. The van der Waals surface area contributed by atoms with Gasteiger partial charge in [0.15, 0.2) is 0 Å². The van der Waals surface area contributed by atoms with Crippen molar-refractivity contribution >= 4 is 17.5 Å². The molecule has 2 aromatic carbocycles. The molecule has 1 saturated carbocycles. The Labute approximate surface area is 213 Å². The lowest BCUT2D eigenvalue weighted by Gasteiger charge is -2.44. The third-order valence-corrected chi connectivity index (χ3v) is 8.70. The van der Waals surface area contributed by atoms with Crippen LogP contribution in [0.25, 0.3) is 0 Å². The summed E-state index contributed by atoms with van der Waals surface area (Å²) in [5.41, 5.74) is 3.05. The first-order chi connectivity index (χ1) is 17.7. The van der Waals surface area contributed by atoms with E-state index in [9.17, 15) is 9.59 Å². The molecule has 5 nitrogen and oxygen atoms in total.